The topological polar surface area (TPSA) is 20.3 Å². The van der Waals surface area contributed by atoms with Gasteiger partial charge in [-0.2, -0.15) is 0 Å². The lowest BCUT2D eigenvalue weighted by atomic mass is 10.1. The predicted molar refractivity (Wildman–Crippen MR) is 77.8 cm³/mol. The zero-order chi connectivity index (χ0) is 13.6. The summed E-state index contributed by atoms with van der Waals surface area (Å²) < 4.78 is 0.0836. The smallest absolute Gasteiger partial charge is 0.231 e. The molecule has 1 aromatic carbocycles. The molecule has 1 aliphatic carbocycles. The highest BCUT2D eigenvalue weighted by Gasteiger charge is 2.68. The summed E-state index contributed by atoms with van der Waals surface area (Å²) >= 11 is 15.5. The average molecular weight is 351 g/mol. The van der Waals surface area contributed by atoms with E-state index in [4.69, 9.17) is 23.2 Å². The summed E-state index contributed by atoms with van der Waals surface area (Å²) in [6.07, 6.45) is 0.516. The van der Waals surface area contributed by atoms with Gasteiger partial charge < -0.3 is 4.90 Å². The Morgan fingerprint density at radius 3 is 2.50 bits per heavy atom. The van der Waals surface area contributed by atoms with Crippen molar-refractivity contribution in [3.05, 3.63) is 34.3 Å². The van der Waals surface area contributed by atoms with Crippen molar-refractivity contribution < 1.29 is 4.79 Å². The molecule has 1 fully saturated rings. The van der Waals surface area contributed by atoms with Gasteiger partial charge in [0.05, 0.1) is 5.41 Å². The van der Waals surface area contributed by atoms with Crippen LogP contribution in [0.3, 0.4) is 0 Å². The second kappa shape index (κ2) is 4.69. The zero-order valence-electron chi connectivity index (χ0n) is 10.2. The van der Waals surface area contributed by atoms with E-state index in [-0.39, 0.29) is 5.91 Å². The second-order valence-corrected chi connectivity index (χ2v) is 7.30. The maximum atomic E-state index is 12.3. The molecule has 0 aromatic heterocycles. The number of carbonyl (C=O) groups is 1. The van der Waals surface area contributed by atoms with Crippen molar-refractivity contribution in [2.45, 2.75) is 24.2 Å². The average Bonchev–Trinajstić information content (AvgIpc) is 2.81. The van der Waals surface area contributed by atoms with E-state index < -0.39 is 9.75 Å². The highest BCUT2D eigenvalue weighted by molar-refractivity contribution is 9.10. The lowest BCUT2D eigenvalue weighted by Gasteiger charge is -2.22. The van der Waals surface area contributed by atoms with Crippen LogP contribution in [-0.2, 0) is 11.3 Å². The van der Waals surface area contributed by atoms with Gasteiger partial charge >= 0.3 is 0 Å². The molecule has 0 spiro atoms. The van der Waals surface area contributed by atoms with Crippen LogP contribution in [0.15, 0.2) is 28.7 Å². The second-order valence-electron chi connectivity index (χ2n) is 4.97. The maximum Gasteiger partial charge on any atom is 0.231 e. The van der Waals surface area contributed by atoms with Gasteiger partial charge in [-0.3, -0.25) is 4.79 Å². The molecule has 1 saturated carbocycles. The minimum atomic E-state index is -0.910. The normalized spacial score (nSPS) is 24.7. The Morgan fingerprint density at radius 1 is 1.44 bits per heavy atom. The molecule has 2 nitrogen and oxygen atoms in total. The third-order valence-electron chi connectivity index (χ3n) is 3.44. The quantitative estimate of drug-likeness (QED) is 0.755. The molecule has 1 atom stereocenters. The van der Waals surface area contributed by atoms with Gasteiger partial charge in [0.2, 0.25) is 5.91 Å². The van der Waals surface area contributed by atoms with Gasteiger partial charge in [-0.1, -0.05) is 34.1 Å². The third kappa shape index (κ3) is 2.40. The Morgan fingerprint density at radius 2 is 2.00 bits per heavy atom. The molecule has 1 aliphatic rings. The van der Waals surface area contributed by atoms with E-state index >= 15 is 0 Å². The summed E-state index contributed by atoms with van der Waals surface area (Å²) in [6.45, 7) is 2.35. The van der Waals surface area contributed by atoms with Crippen molar-refractivity contribution in [1.82, 2.24) is 4.90 Å². The summed E-state index contributed by atoms with van der Waals surface area (Å²) in [6, 6.07) is 7.84. The maximum absolute atomic E-state index is 12.3. The molecule has 1 aromatic rings. The van der Waals surface area contributed by atoms with Crippen LogP contribution in [0.2, 0.25) is 0 Å². The van der Waals surface area contributed by atoms with Gasteiger partial charge in [0.15, 0.2) is 0 Å². The van der Waals surface area contributed by atoms with E-state index in [2.05, 4.69) is 15.9 Å². The lowest BCUT2D eigenvalue weighted by molar-refractivity contribution is -0.135. The largest absolute Gasteiger partial charge is 0.341 e. The first-order valence-electron chi connectivity index (χ1n) is 5.65. The molecule has 0 heterocycles. The Kier molecular flexibility index (Phi) is 3.69. The van der Waals surface area contributed by atoms with Crippen LogP contribution in [0.5, 0.6) is 0 Å². The van der Waals surface area contributed by atoms with Crippen LogP contribution >= 0.6 is 39.1 Å². The highest BCUT2D eigenvalue weighted by Crippen LogP contribution is 2.64. The van der Waals surface area contributed by atoms with E-state index in [0.717, 1.165) is 10.0 Å². The first-order valence-corrected chi connectivity index (χ1v) is 7.20. The van der Waals surface area contributed by atoms with Gasteiger partial charge in [0, 0.05) is 18.1 Å². The molecule has 5 heteroatoms. The summed E-state index contributed by atoms with van der Waals surface area (Å²) in [5.74, 6) is -0.0109. The predicted octanol–water partition coefficient (Wildman–Crippen LogP) is 3.99. The van der Waals surface area contributed by atoms with Gasteiger partial charge in [-0.05, 0) is 25.0 Å². The van der Waals surface area contributed by atoms with E-state index in [1.165, 1.54) is 0 Å². The summed E-state index contributed by atoms with van der Waals surface area (Å²) in [5, 5.41) is 0. The van der Waals surface area contributed by atoms with E-state index in [9.17, 15) is 4.79 Å². The molecule has 0 aliphatic heterocycles. The standard InChI is InChI=1S/C13H14BrCl2NO/c1-12(8-13(12,15)16)11(18)17(2)7-9-5-3-4-6-10(9)14/h3-6H,7-8H2,1-2H3. The minimum absolute atomic E-state index is 0.0109. The van der Waals surface area contributed by atoms with Gasteiger partial charge in [-0.15, -0.1) is 23.2 Å². The van der Waals surface area contributed by atoms with E-state index in [1.807, 2.05) is 31.2 Å². The molecule has 0 N–H and O–H groups in total. The Hall–Kier alpha value is -0.250. The number of alkyl halides is 2. The molecular weight excluding hydrogens is 337 g/mol. The van der Waals surface area contributed by atoms with Gasteiger partial charge in [0.1, 0.15) is 4.33 Å². The molecule has 0 saturated heterocycles. The van der Waals surface area contributed by atoms with Crippen LogP contribution in [0.4, 0.5) is 0 Å². The van der Waals surface area contributed by atoms with E-state index in [0.29, 0.717) is 13.0 Å². The Balaban J connectivity index is 2.08. The monoisotopic (exact) mass is 349 g/mol. The molecule has 98 valence electrons. The van der Waals surface area contributed by atoms with Crippen LogP contribution in [0, 0.1) is 5.41 Å². The molecule has 0 radical (unpaired) electrons. The van der Waals surface area contributed by atoms with Crippen molar-refractivity contribution >= 4 is 45.0 Å². The summed E-state index contributed by atoms with van der Waals surface area (Å²) in [5.41, 5.74) is 0.416. The van der Waals surface area contributed by atoms with E-state index in [1.54, 1.807) is 11.9 Å². The first kappa shape index (κ1) is 14.2. The van der Waals surface area contributed by atoms with Crippen LogP contribution < -0.4 is 0 Å². The molecular formula is C13H14BrCl2NO. The molecule has 18 heavy (non-hydrogen) atoms. The van der Waals surface area contributed by atoms with Crippen molar-refractivity contribution in [3.8, 4) is 0 Å². The fourth-order valence-corrected chi connectivity index (χ4v) is 3.11. The van der Waals surface area contributed by atoms with Crippen molar-refractivity contribution in [2.75, 3.05) is 7.05 Å². The first-order chi connectivity index (χ1) is 8.28. The zero-order valence-corrected chi connectivity index (χ0v) is 13.3. The number of carbonyl (C=O) groups excluding carboxylic acids is 1. The number of amides is 1. The number of rotatable bonds is 3. The molecule has 1 amide bonds. The van der Waals surface area contributed by atoms with Crippen LogP contribution in [-0.4, -0.2) is 22.2 Å². The highest BCUT2D eigenvalue weighted by atomic mass is 79.9. The van der Waals surface area contributed by atoms with Crippen molar-refractivity contribution in [2.24, 2.45) is 5.41 Å². The fourth-order valence-electron chi connectivity index (χ4n) is 2.01. The lowest BCUT2D eigenvalue weighted by Crippen LogP contribution is -2.34. The van der Waals surface area contributed by atoms with Crippen molar-refractivity contribution in [3.63, 3.8) is 0 Å². The fraction of sp³-hybridized carbons (Fsp3) is 0.462. The number of benzene rings is 1. The molecule has 2 rings (SSSR count). The SMILES string of the molecule is CN(Cc1ccccc1Br)C(=O)C1(C)CC1(Cl)Cl. The molecule has 0 bridgehead atoms. The number of hydrogen-bond acceptors (Lipinski definition) is 1. The number of nitrogens with zero attached hydrogens (tertiary/aromatic N) is 1. The summed E-state index contributed by atoms with van der Waals surface area (Å²) in [4.78, 5) is 14.0. The van der Waals surface area contributed by atoms with Crippen molar-refractivity contribution in [1.29, 1.82) is 0 Å². The number of hydrogen-bond donors (Lipinski definition) is 0. The van der Waals surface area contributed by atoms with Gasteiger partial charge in [0.25, 0.3) is 0 Å². The van der Waals surface area contributed by atoms with Gasteiger partial charge in [-0.25, -0.2) is 0 Å². The Bertz CT molecular complexity index is 492. The number of halogens is 3. The van der Waals surface area contributed by atoms with Crippen LogP contribution in [0.25, 0.3) is 0 Å². The Labute approximate surface area is 125 Å². The molecule has 1 unspecified atom stereocenters. The summed E-state index contributed by atoms with van der Waals surface area (Å²) in [7, 11) is 1.77. The third-order valence-corrected chi connectivity index (χ3v) is 5.32. The minimum Gasteiger partial charge on any atom is -0.341 e. The van der Waals surface area contributed by atoms with Crippen LogP contribution in [0.1, 0.15) is 18.9 Å².